The highest BCUT2D eigenvalue weighted by molar-refractivity contribution is 6.33. The number of carbonyl (C=O) groups excluding carboxylic acids is 1. The minimum Gasteiger partial charge on any atom is -0.323 e. The molecule has 1 N–H and O–H groups in total. The highest BCUT2D eigenvalue weighted by Crippen LogP contribution is 2.20. The van der Waals surface area contributed by atoms with Crippen molar-refractivity contribution in [3.8, 4) is 0 Å². The van der Waals surface area contributed by atoms with Gasteiger partial charge in [0.1, 0.15) is 6.54 Å². The molecular weight excluding hydrogens is 300 g/mol. The standard InChI is InChI=1S/C17H13ClN2O2/c18-14-7-3-4-8-15(14)19-16(21)11-20-10-9-12-5-1-2-6-13(12)17(20)22/h1-10H,11H2,(H,19,21). The summed E-state index contributed by atoms with van der Waals surface area (Å²) < 4.78 is 1.38. The second-order valence-corrected chi connectivity index (χ2v) is 5.27. The first-order chi connectivity index (χ1) is 10.6. The van der Waals surface area contributed by atoms with Crippen LogP contribution in [0.3, 0.4) is 0 Å². The molecule has 3 rings (SSSR count). The molecule has 1 aromatic heterocycles. The van der Waals surface area contributed by atoms with E-state index in [9.17, 15) is 9.59 Å². The highest BCUT2D eigenvalue weighted by Gasteiger charge is 2.08. The molecule has 0 fully saturated rings. The fourth-order valence-electron chi connectivity index (χ4n) is 2.26. The van der Waals surface area contributed by atoms with Crippen molar-refractivity contribution in [1.82, 2.24) is 4.57 Å². The molecule has 0 unspecified atom stereocenters. The molecule has 0 bridgehead atoms. The number of anilines is 1. The number of aromatic nitrogens is 1. The zero-order valence-corrected chi connectivity index (χ0v) is 12.4. The predicted octanol–water partition coefficient (Wildman–Crippen LogP) is 3.29. The van der Waals surface area contributed by atoms with Crippen molar-refractivity contribution in [3.05, 3.63) is 76.2 Å². The van der Waals surface area contributed by atoms with Crippen LogP contribution in [0.25, 0.3) is 10.8 Å². The average molecular weight is 313 g/mol. The van der Waals surface area contributed by atoms with Gasteiger partial charge in [0.25, 0.3) is 5.56 Å². The molecule has 2 aromatic carbocycles. The molecule has 3 aromatic rings. The smallest absolute Gasteiger partial charge is 0.258 e. The minimum absolute atomic E-state index is 0.0606. The number of pyridine rings is 1. The van der Waals surface area contributed by atoms with Gasteiger partial charge in [-0.05, 0) is 29.7 Å². The Kier molecular flexibility index (Phi) is 3.94. The van der Waals surface area contributed by atoms with E-state index in [0.717, 1.165) is 5.39 Å². The van der Waals surface area contributed by atoms with E-state index >= 15 is 0 Å². The Morgan fingerprint density at radius 2 is 1.77 bits per heavy atom. The topological polar surface area (TPSA) is 51.1 Å². The second kappa shape index (κ2) is 6.03. The lowest BCUT2D eigenvalue weighted by atomic mass is 10.2. The van der Waals surface area contributed by atoms with Gasteiger partial charge in [0.05, 0.1) is 10.7 Å². The van der Waals surface area contributed by atoms with Gasteiger partial charge in [0.15, 0.2) is 0 Å². The van der Waals surface area contributed by atoms with Crippen molar-refractivity contribution < 1.29 is 4.79 Å². The number of para-hydroxylation sites is 1. The molecule has 0 saturated carbocycles. The van der Waals surface area contributed by atoms with Crippen LogP contribution >= 0.6 is 11.6 Å². The first-order valence-electron chi connectivity index (χ1n) is 6.78. The summed E-state index contributed by atoms with van der Waals surface area (Å²) in [5.41, 5.74) is 0.343. The van der Waals surface area contributed by atoms with E-state index in [-0.39, 0.29) is 18.0 Å². The zero-order chi connectivity index (χ0) is 15.5. The number of hydrogen-bond acceptors (Lipinski definition) is 2. The van der Waals surface area contributed by atoms with Gasteiger partial charge in [-0.3, -0.25) is 9.59 Å². The fourth-order valence-corrected chi connectivity index (χ4v) is 2.44. The monoisotopic (exact) mass is 312 g/mol. The van der Waals surface area contributed by atoms with Crippen LogP contribution in [0.2, 0.25) is 5.02 Å². The number of rotatable bonds is 3. The summed E-state index contributed by atoms with van der Waals surface area (Å²) in [4.78, 5) is 24.4. The van der Waals surface area contributed by atoms with Crippen LogP contribution < -0.4 is 10.9 Å². The van der Waals surface area contributed by atoms with Gasteiger partial charge in [0, 0.05) is 11.6 Å². The lowest BCUT2D eigenvalue weighted by molar-refractivity contribution is -0.116. The Balaban J connectivity index is 1.84. The molecular formula is C17H13ClN2O2. The molecule has 4 nitrogen and oxygen atoms in total. The van der Waals surface area contributed by atoms with Crippen LogP contribution in [0.15, 0.2) is 65.6 Å². The summed E-state index contributed by atoms with van der Waals surface area (Å²) in [6.07, 6.45) is 1.62. The van der Waals surface area contributed by atoms with Crippen molar-refractivity contribution in [2.45, 2.75) is 6.54 Å². The number of nitrogens with zero attached hydrogens (tertiary/aromatic N) is 1. The number of amides is 1. The summed E-state index contributed by atoms with van der Waals surface area (Å²) in [6, 6.07) is 16.1. The Labute approximate surface area is 132 Å². The van der Waals surface area contributed by atoms with Crippen LogP contribution in [0.4, 0.5) is 5.69 Å². The zero-order valence-electron chi connectivity index (χ0n) is 11.6. The molecule has 0 aliphatic rings. The molecule has 0 atom stereocenters. The normalized spacial score (nSPS) is 10.6. The van der Waals surface area contributed by atoms with E-state index in [0.29, 0.717) is 16.1 Å². The average Bonchev–Trinajstić information content (AvgIpc) is 2.53. The van der Waals surface area contributed by atoms with Gasteiger partial charge in [0.2, 0.25) is 5.91 Å². The van der Waals surface area contributed by atoms with Gasteiger partial charge in [-0.2, -0.15) is 0 Å². The predicted molar refractivity (Wildman–Crippen MR) is 88.3 cm³/mol. The molecule has 5 heteroatoms. The van der Waals surface area contributed by atoms with Crippen LogP contribution in [-0.2, 0) is 11.3 Å². The first kappa shape index (κ1) is 14.4. The number of carbonyl (C=O) groups is 1. The molecule has 22 heavy (non-hydrogen) atoms. The maximum Gasteiger partial charge on any atom is 0.258 e. The summed E-state index contributed by atoms with van der Waals surface area (Å²) in [6.45, 7) is -0.0606. The minimum atomic E-state index is -0.300. The van der Waals surface area contributed by atoms with Gasteiger partial charge >= 0.3 is 0 Å². The Morgan fingerprint density at radius 3 is 2.59 bits per heavy atom. The number of benzene rings is 2. The molecule has 0 spiro atoms. The largest absolute Gasteiger partial charge is 0.323 e. The van der Waals surface area contributed by atoms with E-state index in [4.69, 9.17) is 11.6 Å². The molecule has 0 aliphatic heterocycles. The summed E-state index contributed by atoms with van der Waals surface area (Å²) in [7, 11) is 0. The summed E-state index contributed by atoms with van der Waals surface area (Å²) in [5.74, 6) is -0.300. The fraction of sp³-hybridized carbons (Fsp3) is 0.0588. The van der Waals surface area contributed by atoms with Gasteiger partial charge in [-0.1, -0.05) is 41.9 Å². The van der Waals surface area contributed by atoms with Crippen molar-refractivity contribution in [2.24, 2.45) is 0 Å². The molecule has 1 heterocycles. The molecule has 0 radical (unpaired) electrons. The van der Waals surface area contributed by atoms with E-state index < -0.39 is 0 Å². The first-order valence-corrected chi connectivity index (χ1v) is 7.15. The Hall–Kier alpha value is -2.59. The van der Waals surface area contributed by atoms with E-state index in [2.05, 4.69) is 5.32 Å². The quantitative estimate of drug-likeness (QED) is 0.807. The maximum atomic E-state index is 12.3. The molecule has 0 aliphatic carbocycles. The lowest BCUT2D eigenvalue weighted by Gasteiger charge is -2.09. The molecule has 110 valence electrons. The number of fused-ring (bicyclic) bond motifs is 1. The van der Waals surface area contributed by atoms with Gasteiger partial charge in [-0.25, -0.2) is 0 Å². The van der Waals surface area contributed by atoms with Crippen molar-refractivity contribution in [3.63, 3.8) is 0 Å². The third-order valence-electron chi connectivity index (χ3n) is 3.35. The Morgan fingerprint density at radius 1 is 1.05 bits per heavy atom. The Bertz CT molecular complexity index is 902. The van der Waals surface area contributed by atoms with Crippen LogP contribution in [-0.4, -0.2) is 10.5 Å². The van der Waals surface area contributed by atoms with Crippen molar-refractivity contribution >= 4 is 34.0 Å². The summed E-state index contributed by atoms with van der Waals surface area (Å²) in [5, 5.41) is 4.61. The molecule has 1 amide bonds. The SMILES string of the molecule is O=C(Cn1ccc2ccccc2c1=O)Nc1ccccc1Cl. The van der Waals surface area contributed by atoms with Gasteiger partial charge < -0.3 is 9.88 Å². The van der Waals surface area contributed by atoms with Crippen LogP contribution in [0.5, 0.6) is 0 Å². The maximum absolute atomic E-state index is 12.3. The van der Waals surface area contributed by atoms with Crippen molar-refractivity contribution in [1.29, 1.82) is 0 Å². The van der Waals surface area contributed by atoms with Gasteiger partial charge in [-0.15, -0.1) is 0 Å². The van der Waals surface area contributed by atoms with Crippen molar-refractivity contribution in [2.75, 3.05) is 5.32 Å². The van der Waals surface area contributed by atoms with Crippen LogP contribution in [0.1, 0.15) is 0 Å². The van der Waals surface area contributed by atoms with Crippen LogP contribution in [0, 0.1) is 0 Å². The van der Waals surface area contributed by atoms with E-state index in [1.165, 1.54) is 4.57 Å². The highest BCUT2D eigenvalue weighted by atomic mass is 35.5. The number of nitrogens with one attached hydrogen (secondary N) is 1. The third-order valence-corrected chi connectivity index (χ3v) is 3.68. The molecule has 0 saturated heterocycles. The number of halogens is 1. The summed E-state index contributed by atoms with van der Waals surface area (Å²) >= 11 is 6.00. The number of hydrogen-bond donors (Lipinski definition) is 1. The van der Waals surface area contributed by atoms with E-state index in [1.54, 1.807) is 42.6 Å². The third kappa shape index (κ3) is 2.87. The van der Waals surface area contributed by atoms with E-state index in [1.807, 2.05) is 18.2 Å². The lowest BCUT2D eigenvalue weighted by Crippen LogP contribution is -2.27. The second-order valence-electron chi connectivity index (χ2n) is 4.86.